The third kappa shape index (κ3) is 5.13. The van der Waals surface area contributed by atoms with Crippen LogP contribution in [0.1, 0.15) is 13.8 Å². The van der Waals surface area contributed by atoms with Crippen LogP contribution in [0.5, 0.6) is 0 Å². The van der Waals surface area contributed by atoms with E-state index in [1.165, 1.54) is 19.9 Å². The van der Waals surface area contributed by atoms with Crippen molar-refractivity contribution in [3.05, 3.63) is 24.8 Å². The van der Waals surface area contributed by atoms with E-state index >= 15 is 0 Å². The highest BCUT2D eigenvalue weighted by atomic mass is 16.6. The van der Waals surface area contributed by atoms with Gasteiger partial charge in [0.15, 0.2) is 6.10 Å². The molecule has 0 aliphatic carbocycles. The summed E-state index contributed by atoms with van der Waals surface area (Å²) in [5, 5.41) is 0. The molecule has 0 aliphatic rings. The molecule has 0 fully saturated rings. The zero-order chi connectivity index (χ0) is 11.1. The van der Waals surface area contributed by atoms with Crippen molar-refractivity contribution in [3.63, 3.8) is 0 Å². The molecule has 1 atom stereocenters. The molecule has 1 unspecified atom stereocenters. The van der Waals surface area contributed by atoms with Crippen molar-refractivity contribution in [1.29, 1.82) is 0 Å². The average Bonchev–Trinajstić information content (AvgIpc) is 2.10. The van der Waals surface area contributed by atoms with Crippen LogP contribution in [-0.2, 0) is 19.1 Å². The number of rotatable bonds is 5. The second kappa shape index (κ2) is 5.96. The molecule has 0 radical (unpaired) electrons. The third-order valence-corrected chi connectivity index (χ3v) is 1.31. The quantitative estimate of drug-likeness (QED) is 0.378. The lowest BCUT2D eigenvalue weighted by atomic mass is 10.3. The molecule has 4 nitrogen and oxygen atoms in total. The molecule has 0 aromatic rings. The summed E-state index contributed by atoms with van der Waals surface area (Å²) in [5.74, 6) is -0.953. The first-order valence-corrected chi connectivity index (χ1v) is 4.09. The fourth-order valence-corrected chi connectivity index (χ4v) is 0.644. The Kier molecular flexibility index (Phi) is 5.29. The Morgan fingerprint density at radius 2 is 2.00 bits per heavy atom. The number of carbonyl (C=O) groups excluding carboxylic acids is 2. The van der Waals surface area contributed by atoms with Crippen LogP contribution < -0.4 is 0 Å². The van der Waals surface area contributed by atoms with E-state index in [9.17, 15) is 9.59 Å². The van der Waals surface area contributed by atoms with Crippen molar-refractivity contribution < 1.29 is 19.1 Å². The minimum Gasteiger partial charge on any atom is -0.458 e. The van der Waals surface area contributed by atoms with Gasteiger partial charge < -0.3 is 9.47 Å². The Morgan fingerprint density at radius 3 is 2.36 bits per heavy atom. The lowest BCUT2D eigenvalue weighted by Crippen LogP contribution is -2.22. The molecular weight excluding hydrogens is 184 g/mol. The summed E-state index contributed by atoms with van der Waals surface area (Å²) in [6.45, 7) is 9.64. The van der Waals surface area contributed by atoms with E-state index in [1.54, 1.807) is 0 Å². The van der Waals surface area contributed by atoms with Crippen LogP contribution in [0.3, 0.4) is 0 Å². The van der Waals surface area contributed by atoms with Crippen LogP contribution in [0.15, 0.2) is 24.8 Å². The SMILES string of the molecule is C=CC(COC(=O)C(=C)C)OC(C)=O. The first kappa shape index (κ1) is 12.4. The molecule has 0 aromatic carbocycles. The van der Waals surface area contributed by atoms with E-state index in [0.717, 1.165) is 0 Å². The first-order valence-electron chi connectivity index (χ1n) is 4.09. The summed E-state index contributed by atoms with van der Waals surface area (Å²) in [6, 6.07) is 0. The highest BCUT2D eigenvalue weighted by molar-refractivity contribution is 5.86. The number of hydrogen-bond acceptors (Lipinski definition) is 4. The van der Waals surface area contributed by atoms with Gasteiger partial charge in [0, 0.05) is 12.5 Å². The molecule has 0 N–H and O–H groups in total. The van der Waals surface area contributed by atoms with E-state index in [-0.39, 0.29) is 6.61 Å². The monoisotopic (exact) mass is 198 g/mol. The van der Waals surface area contributed by atoms with Gasteiger partial charge in [0.05, 0.1) is 0 Å². The fraction of sp³-hybridized carbons (Fsp3) is 0.400. The molecule has 14 heavy (non-hydrogen) atoms. The fourth-order valence-electron chi connectivity index (χ4n) is 0.644. The van der Waals surface area contributed by atoms with Crippen molar-refractivity contribution in [2.45, 2.75) is 20.0 Å². The number of hydrogen-bond donors (Lipinski definition) is 0. The van der Waals surface area contributed by atoms with Gasteiger partial charge in [-0.25, -0.2) is 4.79 Å². The molecule has 78 valence electrons. The van der Waals surface area contributed by atoms with Gasteiger partial charge >= 0.3 is 11.9 Å². The molecular formula is C10H14O4. The van der Waals surface area contributed by atoms with Crippen LogP contribution in [0.2, 0.25) is 0 Å². The van der Waals surface area contributed by atoms with E-state index in [2.05, 4.69) is 13.2 Å². The highest BCUT2D eigenvalue weighted by Gasteiger charge is 2.11. The number of esters is 2. The predicted molar refractivity (Wildman–Crippen MR) is 51.5 cm³/mol. The molecule has 0 rings (SSSR count). The predicted octanol–water partition coefficient (Wildman–Crippen LogP) is 1.22. The van der Waals surface area contributed by atoms with Crippen molar-refractivity contribution in [2.24, 2.45) is 0 Å². The van der Waals surface area contributed by atoms with Gasteiger partial charge in [-0.3, -0.25) is 4.79 Å². The maximum absolute atomic E-state index is 11.0. The van der Waals surface area contributed by atoms with E-state index in [4.69, 9.17) is 9.47 Å². The number of ether oxygens (including phenoxy) is 2. The van der Waals surface area contributed by atoms with Crippen LogP contribution >= 0.6 is 0 Å². The maximum atomic E-state index is 11.0. The molecule has 0 bridgehead atoms. The van der Waals surface area contributed by atoms with Crippen molar-refractivity contribution in [2.75, 3.05) is 6.61 Å². The largest absolute Gasteiger partial charge is 0.458 e. The van der Waals surface area contributed by atoms with Gasteiger partial charge in [0.1, 0.15) is 6.61 Å². The molecule has 0 saturated carbocycles. The summed E-state index contributed by atoms with van der Waals surface area (Å²) in [6.07, 6.45) is 0.795. The van der Waals surface area contributed by atoms with Gasteiger partial charge in [0.2, 0.25) is 0 Å². The summed E-state index contributed by atoms with van der Waals surface area (Å²) >= 11 is 0. The maximum Gasteiger partial charge on any atom is 0.333 e. The Balaban J connectivity index is 3.95. The minimum absolute atomic E-state index is 0.0330. The van der Waals surface area contributed by atoms with Crippen molar-refractivity contribution in [1.82, 2.24) is 0 Å². The average molecular weight is 198 g/mol. The topological polar surface area (TPSA) is 52.6 Å². The van der Waals surface area contributed by atoms with Crippen molar-refractivity contribution in [3.8, 4) is 0 Å². The number of carbonyl (C=O) groups is 2. The molecule has 0 heterocycles. The normalized spacial score (nSPS) is 11.3. The highest BCUT2D eigenvalue weighted by Crippen LogP contribution is 1.99. The summed E-state index contributed by atoms with van der Waals surface area (Å²) in [7, 11) is 0. The Hall–Kier alpha value is -1.58. The summed E-state index contributed by atoms with van der Waals surface area (Å²) < 4.78 is 9.54. The third-order valence-electron chi connectivity index (χ3n) is 1.31. The smallest absolute Gasteiger partial charge is 0.333 e. The zero-order valence-corrected chi connectivity index (χ0v) is 8.41. The lowest BCUT2D eigenvalue weighted by molar-refractivity contribution is -0.152. The van der Waals surface area contributed by atoms with Gasteiger partial charge in [-0.1, -0.05) is 13.2 Å². The van der Waals surface area contributed by atoms with Crippen LogP contribution in [0, 0.1) is 0 Å². The molecule has 0 amide bonds. The minimum atomic E-state index is -0.601. The van der Waals surface area contributed by atoms with Crippen molar-refractivity contribution >= 4 is 11.9 Å². The van der Waals surface area contributed by atoms with Gasteiger partial charge in [-0.05, 0) is 13.0 Å². The summed E-state index contributed by atoms with van der Waals surface area (Å²) in [5.41, 5.74) is 0.302. The summed E-state index contributed by atoms with van der Waals surface area (Å²) in [4.78, 5) is 21.5. The Bertz CT molecular complexity index is 255. The Labute approximate surface area is 83.2 Å². The standard InChI is InChI=1S/C10H14O4/c1-5-9(14-8(4)11)6-13-10(12)7(2)3/h5,9H,1-2,6H2,3-4H3. The van der Waals surface area contributed by atoms with Crippen LogP contribution in [0.4, 0.5) is 0 Å². The van der Waals surface area contributed by atoms with Gasteiger partial charge in [0.25, 0.3) is 0 Å². The van der Waals surface area contributed by atoms with Crippen LogP contribution in [-0.4, -0.2) is 24.6 Å². The van der Waals surface area contributed by atoms with Crippen LogP contribution in [0.25, 0.3) is 0 Å². The first-order chi connectivity index (χ1) is 6.47. The van der Waals surface area contributed by atoms with Gasteiger partial charge in [-0.15, -0.1) is 0 Å². The molecule has 0 saturated heterocycles. The molecule has 0 spiro atoms. The van der Waals surface area contributed by atoms with E-state index in [0.29, 0.717) is 5.57 Å². The van der Waals surface area contributed by atoms with E-state index in [1.807, 2.05) is 0 Å². The lowest BCUT2D eigenvalue weighted by Gasteiger charge is -2.12. The Morgan fingerprint density at radius 1 is 1.43 bits per heavy atom. The van der Waals surface area contributed by atoms with E-state index < -0.39 is 18.0 Å². The molecule has 4 heteroatoms. The second-order valence-electron chi connectivity index (χ2n) is 2.76. The van der Waals surface area contributed by atoms with Gasteiger partial charge in [-0.2, -0.15) is 0 Å². The second-order valence-corrected chi connectivity index (χ2v) is 2.76. The molecule has 0 aliphatic heterocycles. The molecule has 0 aromatic heterocycles. The zero-order valence-electron chi connectivity index (χ0n) is 8.41.